The predicted molar refractivity (Wildman–Crippen MR) is 61.7 cm³/mol. The van der Waals surface area contributed by atoms with Gasteiger partial charge in [-0.05, 0) is 0 Å². The molecule has 2 heterocycles. The minimum atomic E-state index is -1.35. The van der Waals surface area contributed by atoms with Crippen molar-refractivity contribution in [2.45, 2.75) is 24.5 Å². The predicted octanol–water partition coefficient (Wildman–Crippen LogP) is -2.06. The Morgan fingerprint density at radius 2 is 2.15 bits per heavy atom. The molecule has 1 aromatic heterocycles. The summed E-state index contributed by atoms with van der Waals surface area (Å²) in [5.74, 6) is -1.08. The van der Waals surface area contributed by atoms with Gasteiger partial charge in [-0.25, -0.2) is 4.98 Å². The molecule has 1 aromatic rings. The molecule has 5 N–H and O–H groups in total. The van der Waals surface area contributed by atoms with Crippen molar-refractivity contribution in [3.8, 4) is 5.88 Å². The van der Waals surface area contributed by atoms with Crippen molar-refractivity contribution in [3.63, 3.8) is 0 Å². The first-order valence-corrected chi connectivity index (χ1v) is 5.53. The molecule has 0 saturated carbocycles. The van der Waals surface area contributed by atoms with Crippen molar-refractivity contribution in [3.05, 3.63) is 16.3 Å². The van der Waals surface area contributed by atoms with Crippen molar-refractivity contribution < 1.29 is 30.1 Å². The Balaban J connectivity index is 2.11. The van der Waals surface area contributed by atoms with Crippen molar-refractivity contribution >= 4 is 11.6 Å². The fraction of sp³-hybridized carbons (Fsp3) is 0.556. The van der Waals surface area contributed by atoms with E-state index in [2.05, 4.69) is 15.3 Å². The number of anilines is 1. The summed E-state index contributed by atoms with van der Waals surface area (Å²) in [7, 11) is 0. The van der Waals surface area contributed by atoms with Gasteiger partial charge in [0.25, 0.3) is 5.88 Å². The minimum Gasteiger partial charge on any atom is -0.488 e. The van der Waals surface area contributed by atoms with Crippen LogP contribution in [-0.2, 0) is 4.74 Å². The molecule has 1 fully saturated rings. The maximum Gasteiger partial charge on any atom is 0.349 e. The van der Waals surface area contributed by atoms with Gasteiger partial charge >= 0.3 is 5.69 Å². The fourth-order valence-corrected chi connectivity index (χ4v) is 1.71. The second-order valence-corrected chi connectivity index (χ2v) is 4.06. The lowest BCUT2D eigenvalue weighted by atomic mass is 10.1. The molecule has 0 bridgehead atoms. The van der Waals surface area contributed by atoms with Crippen LogP contribution in [0.25, 0.3) is 0 Å². The molecule has 110 valence electrons. The number of hydrogen-bond acceptors (Lipinski definition) is 10. The molecule has 11 nitrogen and oxygen atoms in total. The summed E-state index contributed by atoms with van der Waals surface area (Å²) < 4.78 is 5.10. The van der Waals surface area contributed by atoms with Crippen LogP contribution in [0, 0.1) is 10.1 Å². The van der Waals surface area contributed by atoms with Crippen molar-refractivity contribution in [2.24, 2.45) is 0 Å². The van der Waals surface area contributed by atoms with E-state index < -0.39 is 47.6 Å². The van der Waals surface area contributed by atoms with E-state index in [1.165, 1.54) is 0 Å². The van der Waals surface area contributed by atoms with E-state index in [0.29, 0.717) is 0 Å². The average molecular weight is 288 g/mol. The molecular weight excluding hydrogens is 276 g/mol. The molecule has 1 saturated heterocycles. The molecule has 0 amide bonds. The van der Waals surface area contributed by atoms with Gasteiger partial charge < -0.3 is 30.5 Å². The lowest BCUT2D eigenvalue weighted by Gasteiger charge is -2.15. The third kappa shape index (κ3) is 2.60. The molecule has 4 atom stereocenters. The molecule has 0 spiro atoms. The molecule has 0 unspecified atom stereocenters. The number of nitro groups is 1. The number of aromatic nitrogens is 2. The molecular formula is C9H12N4O7. The summed E-state index contributed by atoms with van der Waals surface area (Å²) in [5, 5.41) is 50.3. The Morgan fingerprint density at radius 1 is 1.45 bits per heavy atom. The molecule has 0 aromatic carbocycles. The second-order valence-electron chi connectivity index (χ2n) is 4.06. The number of aliphatic hydroxyl groups is 3. The Hall–Kier alpha value is -2.08. The lowest BCUT2D eigenvalue weighted by molar-refractivity contribution is -0.386. The van der Waals surface area contributed by atoms with E-state index in [9.17, 15) is 25.4 Å². The van der Waals surface area contributed by atoms with Gasteiger partial charge in [-0.1, -0.05) is 0 Å². The van der Waals surface area contributed by atoms with Gasteiger partial charge in [0.2, 0.25) is 5.95 Å². The minimum absolute atomic E-state index is 0.233. The smallest absolute Gasteiger partial charge is 0.349 e. The molecule has 11 heteroatoms. The zero-order valence-corrected chi connectivity index (χ0v) is 9.95. The van der Waals surface area contributed by atoms with Crippen molar-refractivity contribution in [1.29, 1.82) is 0 Å². The lowest BCUT2D eigenvalue weighted by Crippen LogP contribution is -2.36. The number of rotatable bonds is 4. The monoisotopic (exact) mass is 288 g/mol. The SMILES string of the molecule is O=[N+]([O-])c1cnc(N[C@@H]2O[C@H](CO)[C@@H](O)[C@H]2O)nc1O. The third-order valence-corrected chi connectivity index (χ3v) is 2.76. The van der Waals surface area contributed by atoms with Gasteiger partial charge in [-0.15, -0.1) is 0 Å². The first-order chi connectivity index (χ1) is 9.43. The van der Waals surface area contributed by atoms with Crippen LogP contribution in [0.1, 0.15) is 0 Å². The third-order valence-electron chi connectivity index (χ3n) is 2.76. The van der Waals surface area contributed by atoms with Gasteiger partial charge in [0.15, 0.2) is 6.23 Å². The highest BCUT2D eigenvalue weighted by atomic mass is 16.6. The standard InChI is InChI=1S/C9H12N4O7/c14-2-4-5(15)6(16)8(20-4)12-9-10-1-3(13(18)19)7(17)11-9/h1,4-6,8,14-16H,2H2,(H2,10,11,12,17)/t4-,5-,6-,8-/m1/s1. The highest BCUT2D eigenvalue weighted by Crippen LogP contribution is 2.25. The van der Waals surface area contributed by atoms with Gasteiger partial charge in [0.1, 0.15) is 24.5 Å². The second kappa shape index (κ2) is 5.50. The van der Waals surface area contributed by atoms with E-state index in [1.54, 1.807) is 0 Å². The maximum atomic E-state index is 10.5. The van der Waals surface area contributed by atoms with Crippen LogP contribution in [0.5, 0.6) is 5.88 Å². The van der Waals surface area contributed by atoms with E-state index in [1.807, 2.05) is 0 Å². The fourth-order valence-electron chi connectivity index (χ4n) is 1.71. The summed E-state index contributed by atoms with van der Waals surface area (Å²) >= 11 is 0. The normalized spacial score (nSPS) is 29.4. The number of nitrogens with zero attached hydrogens (tertiary/aromatic N) is 3. The number of ether oxygens (including phenoxy) is 1. The number of nitrogens with one attached hydrogen (secondary N) is 1. The maximum absolute atomic E-state index is 10.5. The summed E-state index contributed by atoms with van der Waals surface area (Å²) in [6, 6.07) is 0. The first kappa shape index (κ1) is 14.3. The largest absolute Gasteiger partial charge is 0.488 e. The molecule has 1 aliphatic rings. The van der Waals surface area contributed by atoms with Crippen LogP contribution in [0.4, 0.5) is 11.6 Å². The zero-order valence-electron chi connectivity index (χ0n) is 9.95. The topological polar surface area (TPSA) is 171 Å². The Bertz CT molecular complexity index is 513. The molecule has 0 radical (unpaired) electrons. The van der Waals surface area contributed by atoms with Crippen molar-refractivity contribution in [1.82, 2.24) is 9.97 Å². The van der Waals surface area contributed by atoms with Crippen LogP contribution in [0.3, 0.4) is 0 Å². The summed E-state index contributed by atoms with van der Waals surface area (Å²) in [5.41, 5.74) is -0.670. The van der Waals surface area contributed by atoms with E-state index >= 15 is 0 Å². The van der Waals surface area contributed by atoms with Crippen LogP contribution in [-0.4, -0.2) is 66.5 Å². The summed E-state index contributed by atoms with van der Waals surface area (Å²) in [4.78, 5) is 16.6. The molecule has 2 rings (SSSR count). The van der Waals surface area contributed by atoms with Gasteiger partial charge in [-0.3, -0.25) is 10.1 Å². The highest BCUT2D eigenvalue weighted by molar-refractivity contribution is 5.42. The Morgan fingerprint density at radius 3 is 2.65 bits per heavy atom. The van der Waals surface area contributed by atoms with Crippen LogP contribution >= 0.6 is 0 Å². The van der Waals surface area contributed by atoms with E-state index in [-0.39, 0.29) is 5.95 Å². The molecule has 20 heavy (non-hydrogen) atoms. The summed E-state index contributed by atoms with van der Waals surface area (Å²) in [6.45, 7) is -0.497. The average Bonchev–Trinajstić information content (AvgIpc) is 2.66. The van der Waals surface area contributed by atoms with Crippen LogP contribution in [0.15, 0.2) is 6.20 Å². The Labute approximate surface area is 111 Å². The van der Waals surface area contributed by atoms with Crippen LogP contribution < -0.4 is 5.32 Å². The van der Waals surface area contributed by atoms with Gasteiger partial charge in [0.05, 0.1) is 11.5 Å². The zero-order chi connectivity index (χ0) is 14.9. The van der Waals surface area contributed by atoms with Gasteiger partial charge in [0, 0.05) is 0 Å². The molecule has 1 aliphatic heterocycles. The number of aliphatic hydroxyl groups excluding tert-OH is 3. The first-order valence-electron chi connectivity index (χ1n) is 5.53. The van der Waals surface area contributed by atoms with E-state index in [4.69, 9.17) is 9.84 Å². The number of hydrogen-bond donors (Lipinski definition) is 5. The highest BCUT2D eigenvalue weighted by Gasteiger charge is 2.42. The van der Waals surface area contributed by atoms with Crippen LogP contribution in [0.2, 0.25) is 0 Å². The number of aromatic hydroxyl groups is 1. The van der Waals surface area contributed by atoms with E-state index in [0.717, 1.165) is 6.20 Å². The van der Waals surface area contributed by atoms with Gasteiger partial charge in [-0.2, -0.15) is 4.98 Å². The Kier molecular flexibility index (Phi) is 3.94. The molecule has 0 aliphatic carbocycles. The quantitative estimate of drug-likeness (QED) is 0.306. The van der Waals surface area contributed by atoms with Crippen molar-refractivity contribution in [2.75, 3.05) is 11.9 Å². The summed E-state index contributed by atoms with van der Waals surface area (Å²) in [6.07, 6.45) is -3.97.